The van der Waals surface area contributed by atoms with Crippen LogP contribution in [0.15, 0.2) is 0 Å². The molecule has 2 fully saturated rings. The van der Waals surface area contributed by atoms with E-state index in [0.29, 0.717) is 0 Å². The number of hydrogen-bond acceptors (Lipinski definition) is 6. The number of nitrogens with zero attached hydrogens (tertiary/aromatic N) is 3. The molecule has 2 saturated heterocycles. The molecule has 0 aromatic carbocycles. The van der Waals surface area contributed by atoms with Crippen LogP contribution in [0.3, 0.4) is 0 Å². The molecule has 0 bridgehead atoms. The van der Waals surface area contributed by atoms with Crippen molar-refractivity contribution < 1.29 is 13.9 Å². The third-order valence-corrected chi connectivity index (χ3v) is 3.16. The Labute approximate surface area is 91.5 Å². The van der Waals surface area contributed by atoms with Crippen molar-refractivity contribution in [3.8, 4) is 0 Å². The van der Waals surface area contributed by atoms with Crippen LogP contribution in [0.25, 0.3) is 0 Å². The molecule has 15 heavy (non-hydrogen) atoms. The maximum atomic E-state index is 5.62. The summed E-state index contributed by atoms with van der Waals surface area (Å²) < 4.78 is 16.7. The van der Waals surface area contributed by atoms with Crippen LogP contribution < -0.4 is 0 Å². The molecule has 6 nitrogen and oxygen atoms in total. The molecule has 0 radical (unpaired) electrons. The quantitative estimate of drug-likeness (QED) is 0.354. The Kier molecular flexibility index (Phi) is 4.28. The van der Waals surface area contributed by atoms with Crippen LogP contribution >= 0.6 is 8.60 Å². The third kappa shape index (κ3) is 4.28. The SMILES string of the molecule is CCN(CC)OP(ON1CC1)ON1CC1. The Balaban J connectivity index is 1.73. The average Bonchev–Trinajstić information content (AvgIpc) is 3.09. The molecule has 0 atom stereocenters. The molecule has 0 aromatic heterocycles. The minimum atomic E-state index is -1.29. The van der Waals surface area contributed by atoms with Crippen LogP contribution in [0, 0.1) is 0 Å². The molecule has 0 spiro atoms. The molecule has 0 unspecified atom stereocenters. The molecular formula is C8H18N3O3P. The van der Waals surface area contributed by atoms with Crippen LogP contribution in [-0.2, 0) is 13.9 Å². The summed E-state index contributed by atoms with van der Waals surface area (Å²) in [5.41, 5.74) is 0. The van der Waals surface area contributed by atoms with Gasteiger partial charge in [-0.25, -0.2) is 13.9 Å². The van der Waals surface area contributed by atoms with Gasteiger partial charge < -0.3 is 0 Å². The Morgan fingerprint density at radius 3 is 1.80 bits per heavy atom. The summed E-state index contributed by atoms with van der Waals surface area (Å²) >= 11 is 0. The van der Waals surface area contributed by atoms with Gasteiger partial charge >= 0.3 is 8.60 Å². The van der Waals surface area contributed by atoms with E-state index in [1.165, 1.54) is 0 Å². The standard InChI is InChI=1S/C8H18N3O3P/c1-3-9(4-2)12-15(13-10-5-6-10)14-11-7-8-11/h3-8H2,1-2H3. The third-order valence-electron chi connectivity index (χ3n) is 2.06. The van der Waals surface area contributed by atoms with Gasteiger partial charge in [0.15, 0.2) is 0 Å². The van der Waals surface area contributed by atoms with Crippen molar-refractivity contribution in [2.75, 3.05) is 39.3 Å². The van der Waals surface area contributed by atoms with Crippen molar-refractivity contribution in [3.05, 3.63) is 0 Å². The fourth-order valence-electron chi connectivity index (χ4n) is 0.912. The number of rotatable bonds is 8. The maximum absolute atomic E-state index is 5.62. The number of hydrogen-bond donors (Lipinski definition) is 0. The van der Waals surface area contributed by atoms with Crippen LogP contribution in [0.5, 0.6) is 0 Å². The second-order valence-corrected chi connectivity index (χ2v) is 4.38. The second-order valence-electron chi connectivity index (χ2n) is 3.44. The average molecular weight is 235 g/mol. The molecule has 7 heteroatoms. The second kappa shape index (κ2) is 5.50. The highest BCUT2D eigenvalue weighted by Gasteiger charge is 2.32. The van der Waals surface area contributed by atoms with E-state index >= 15 is 0 Å². The zero-order valence-electron chi connectivity index (χ0n) is 9.26. The predicted octanol–water partition coefficient (Wildman–Crippen LogP) is 0.981. The normalized spacial score (nSPS) is 21.6. The van der Waals surface area contributed by atoms with Gasteiger partial charge in [0.2, 0.25) is 0 Å². The van der Waals surface area contributed by atoms with Gasteiger partial charge in [0.1, 0.15) is 0 Å². The highest BCUT2D eigenvalue weighted by atomic mass is 31.2. The highest BCUT2D eigenvalue weighted by molar-refractivity contribution is 7.41. The maximum Gasteiger partial charge on any atom is 0.387 e. The van der Waals surface area contributed by atoms with Crippen LogP contribution in [0.2, 0.25) is 0 Å². The fourth-order valence-corrected chi connectivity index (χ4v) is 2.12. The predicted molar refractivity (Wildman–Crippen MR) is 56.2 cm³/mol. The van der Waals surface area contributed by atoms with Gasteiger partial charge in [-0.05, 0) is 0 Å². The Morgan fingerprint density at radius 1 is 1.00 bits per heavy atom. The summed E-state index contributed by atoms with van der Waals surface area (Å²) in [6.07, 6.45) is 0. The van der Waals surface area contributed by atoms with Gasteiger partial charge in [-0.15, -0.1) is 0 Å². The Morgan fingerprint density at radius 2 is 1.47 bits per heavy atom. The lowest BCUT2D eigenvalue weighted by Crippen LogP contribution is -2.22. The molecule has 0 saturated carbocycles. The monoisotopic (exact) mass is 235 g/mol. The summed E-state index contributed by atoms with van der Waals surface area (Å²) in [6, 6.07) is 0. The van der Waals surface area contributed by atoms with E-state index in [0.717, 1.165) is 39.3 Å². The first-order valence-electron chi connectivity index (χ1n) is 5.41. The van der Waals surface area contributed by atoms with Gasteiger partial charge in [0.25, 0.3) is 0 Å². The first kappa shape index (κ1) is 11.7. The molecule has 0 amide bonds. The molecule has 2 rings (SSSR count). The molecule has 2 heterocycles. The summed E-state index contributed by atoms with van der Waals surface area (Å²) in [5.74, 6) is 0. The fraction of sp³-hybridized carbons (Fsp3) is 1.00. The van der Waals surface area contributed by atoms with E-state index in [1.54, 1.807) is 0 Å². The molecule has 0 aromatic rings. The molecule has 88 valence electrons. The van der Waals surface area contributed by atoms with Crippen LogP contribution in [0.4, 0.5) is 0 Å². The van der Waals surface area contributed by atoms with Crippen molar-refractivity contribution in [3.63, 3.8) is 0 Å². The van der Waals surface area contributed by atoms with Crippen molar-refractivity contribution >= 4 is 8.60 Å². The van der Waals surface area contributed by atoms with E-state index in [2.05, 4.69) is 0 Å². The largest absolute Gasteiger partial charge is 0.387 e. The summed E-state index contributed by atoms with van der Waals surface area (Å²) in [6.45, 7) is 9.67. The molecular weight excluding hydrogens is 217 g/mol. The van der Waals surface area contributed by atoms with Gasteiger partial charge in [0.05, 0.1) is 0 Å². The van der Waals surface area contributed by atoms with Crippen molar-refractivity contribution in [2.45, 2.75) is 13.8 Å². The van der Waals surface area contributed by atoms with Gasteiger partial charge in [-0.1, -0.05) is 13.8 Å². The first-order valence-corrected chi connectivity index (χ1v) is 6.50. The Bertz CT molecular complexity index is 184. The zero-order valence-corrected chi connectivity index (χ0v) is 10.2. The topological polar surface area (TPSA) is 36.9 Å². The lowest BCUT2D eigenvalue weighted by atomic mass is 10.6. The summed E-state index contributed by atoms with van der Waals surface area (Å²) in [5, 5.41) is 5.54. The lowest BCUT2D eigenvalue weighted by Gasteiger charge is -2.22. The van der Waals surface area contributed by atoms with Gasteiger partial charge in [-0.2, -0.15) is 15.2 Å². The minimum absolute atomic E-state index is 0.835. The summed E-state index contributed by atoms with van der Waals surface area (Å²) in [7, 11) is -1.29. The van der Waals surface area contributed by atoms with Crippen molar-refractivity contribution in [1.82, 2.24) is 15.2 Å². The molecule has 2 aliphatic heterocycles. The lowest BCUT2D eigenvalue weighted by molar-refractivity contribution is -0.113. The van der Waals surface area contributed by atoms with Crippen LogP contribution in [0.1, 0.15) is 13.8 Å². The van der Waals surface area contributed by atoms with E-state index in [9.17, 15) is 0 Å². The van der Waals surface area contributed by atoms with Gasteiger partial charge in [0, 0.05) is 39.3 Å². The highest BCUT2D eigenvalue weighted by Crippen LogP contribution is 2.45. The van der Waals surface area contributed by atoms with Crippen molar-refractivity contribution in [1.29, 1.82) is 0 Å². The first-order chi connectivity index (χ1) is 7.31. The molecule has 0 aliphatic carbocycles. The smallest absolute Gasteiger partial charge is 0.219 e. The van der Waals surface area contributed by atoms with Gasteiger partial charge in [-0.3, -0.25) is 0 Å². The molecule has 0 N–H and O–H groups in total. The summed E-state index contributed by atoms with van der Waals surface area (Å²) in [4.78, 5) is 0. The van der Waals surface area contributed by atoms with Crippen LogP contribution in [-0.4, -0.2) is 54.5 Å². The number of hydroxylamine groups is 6. The minimum Gasteiger partial charge on any atom is -0.219 e. The molecule has 2 aliphatic rings. The zero-order chi connectivity index (χ0) is 10.7. The van der Waals surface area contributed by atoms with E-state index in [1.807, 2.05) is 29.0 Å². The van der Waals surface area contributed by atoms with E-state index < -0.39 is 8.60 Å². The van der Waals surface area contributed by atoms with E-state index in [-0.39, 0.29) is 0 Å². The van der Waals surface area contributed by atoms with Crippen molar-refractivity contribution in [2.24, 2.45) is 0 Å². The Hall–Kier alpha value is 0.190. The van der Waals surface area contributed by atoms with E-state index in [4.69, 9.17) is 13.9 Å².